The maximum absolute atomic E-state index is 14.1. The number of nitrogens with one attached hydrogen (secondary N) is 3. The Morgan fingerprint density at radius 2 is 1.76 bits per heavy atom. The topological polar surface area (TPSA) is 106 Å². The highest BCUT2D eigenvalue weighted by molar-refractivity contribution is 5.94. The summed E-state index contributed by atoms with van der Waals surface area (Å²) in [6, 6.07) is 6.03. The van der Waals surface area contributed by atoms with Crippen LogP contribution in [0.4, 0.5) is 5.69 Å². The molecule has 1 aromatic carbocycles. The number of nitrogens with zero attached hydrogens (tertiary/aromatic N) is 2. The van der Waals surface area contributed by atoms with Crippen LogP contribution in [0.5, 0.6) is 0 Å². The van der Waals surface area contributed by atoms with Crippen molar-refractivity contribution in [3.63, 3.8) is 0 Å². The molecule has 2 fully saturated rings. The van der Waals surface area contributed by atoms with Crippen LogP contribution in [0.1, 0.15) is 70.8 Å². The van der Waals surface area contributed by atoms with E-state index in [-0.39, 0.29) is 29.8 Å². The van der Waals surface area contributed by atoms with Gasteiger partial charge in [-0.2, -0.15) is 0 Å². The number of aromatic nitrogens is 1. The number of carbonyl (C=O) groups is 2. The SMILES string of the molecule is CCCc1ccc2c(NC[C@@H]3CCCN3C(=O)[C@@H](NC(=O)[C@H](C)NC)C3CCCCC3)cn(CCOCCOCCOC)c2c1. The third-order valence-corrected chi connectivity index (χ3v) is 9.47. The average molecular weight is 628 g/mol. The molecule has 2 aromatic rings. The summed E-state index contributed by atoms with van der Waals surface area (Å²) in [5, 5.41) is 11.1. The average Bonchev–Trinajstić information content (AvgIpc) is 3.68. The van der Waals surface area contributed by atoms with E-state index < -0.39 is 6.04 Å². The van der Waals surface area contributed by atoms with Crippen LogP contribution in [0.2, 0.25) is 0 Å². The molecule has 45 heavy (non-hydrogen) atoms. The van der Waals surface area contributed by atoms with E-state index >= 15 is 0 Å². The van der Waals surface area contributed by atoms with Crippen molar-refractivity contribution in [2.75, 3.05) is 65.6 Å². The number of likely N-dealkylation sites (N-methyl/N-ethyl adjacent to an activating group) is 1. The molecule has 4 rings (SSSR count). The third-order valence-electron chi connectivity index (χ3n) is 9.47. The van der Waals surface area contributed by atoms with Crippen molar-refractivity contribution in [3.8, 4) is 0 Å². The Kier molecular flexibility index (Phi) is 14.5. The van der Waals surface area contributed by atoms with Crippen molar-refractivity contribution in [1.29, 1.82) is 0 Å². The molecule has 0 unspecified atom stereocenters. The minimum absolute atomic E-state index is 0.0813. The van der Waals surface area contributed by atoms with Gasteiger partial charge in [0.05, 0.1) is 50.3 Å². The van der Waals surface area contributed by atoms with Gasteiger partial charge in [0.15, 0.2) is 0 Å². The first kappa shape index (κ1) is 35.2. The van der Waals surface area contributed by atoms with E-state index in [0.717, 1.165) is 70.1 Å². The van der Waals surface area contributed by atoms with Crippen LogP contribution in [0.3, 0.4) is 0 Å². The minimum atomic E-state index is -0.460. The van der Waals surface area contributed by atoms with Crippen molar-refractivity contribution < 1.29 is 23.8 Å². The predicted octanol–water partition coefficient (Wildman–Crippen LogP) is 4.35. The Balaban J connectivity index is 1.42. The first-order valence-corrected chi connectivity index (χ1v) is 17.2. The zero-order valence-electron chi connectivity index (χ0n) is 28.1. The summed E-state index contributed by atoms with van der Waals surface area (Å²) < 4.78 is 18.7. The van der Waals surface area contributed by atoms with Crippen molar-refractivity contribution in [2.24, 2.45) is 5.92 Å². The molecule has 2 aliphatic rings. The lowest BCUT2D eigenvalue weighted by atomic mass is 9.83. The largest absolute Gasteiger partial charge is 0.382 e. The molecule has 1 saturated carbocycles. The molecule has 0 bridgehead atoms. The van der Waals surface area contributed by atoms with Gasteiger partial charge in [0.2, 0.25) is 11.8 Å². The van der Waals surface area contributed by atoms with Gasteiger partial charge in [-0.3, -0.25) is 9.59 Å². The zero-order chi connectivity index (χ0) is 32.0. The highest BCUT2D eigenvalue weighted by Crippen LogP contribution is 2.31. The van der Waals surface area contributed by atoms with E-state index in [9.17, 15) is 9.59 Å². The summed E-state index contributed by atoms with van der Waals surface area (Å²) in [6.45, 7) is 9.07. The van der Waals surface area contributed by atoms with Gasteiger partial charge in [0, 0.05) is 44.4 Å². The lowest BCUT2D eigenvalue weighted by molar-refractivity contribution is -0.139. The van der Waals surface area contributed by atoms with Crippen molar-refractivity contribution >= 4 is 28.4 Å². The first-order chi connectivity index (χ1) is 22.0. The van der Waals surface area contributed by atoms with Gasteiger partial charge in [-0.05, 0) is 63.6 Å². The number of likely N-dealkylation sites (tertiary alicyclic amines) is 1. The van der Waals surface area contributed by atoms with Crippen LogP contribution in [0.25, 0.3) is 10.9 Å². The van der Waals surface area contributed by atoms with Gasteiger partial charge < -0.3 is 39.6 Å². The van der Waals surface area contributed by atoms with E-state index in [1.54, 1.807) is 14.2 Å². The number of anilines is 1. The van der Waals surface area contributed by atoms with E-state index in [1.165, 1.54) is 22.9 Å². The maximum atomic E-state index is 14.1. The molecule has 1 aromatic heterocycles. The van der Waals surface area contributed by atoms with Crippen LogP contribution in [0.15, 0.2) is 24.4 Å². The Hall–Kier alpha value is -2.66. The number of hydrogen-bond acceptors (Lipinski definition) is 7. The van der Waals surface area contributed by atoms with Crippen LogP contribution in [0, 0.1) is 5.92 Å². The number of fused-ring (bicyclic) bond motifs is 1. The van der Waals surface area contributed by atoms with Gasteiger partial charge in [0.1, 0.15) is 6.04 Å². The number of benzene rings is 1. The van der Waals surface area contributed by atoms with Gasteiger partial charge in [-0.25, -0.2) is 0 Å². The number of amides is 2. The molecule has 1 aliphatic carbocycles. The number of methoxy groups -OCH3 is 1. The molecule has 2 heterocycles. The van der Waals surface area contributed by atoms with Crippen molar-refractivity contribution in [3.05, 3.63) is 30.0 Å². The maximum Gasteiger partial charge on any atom is 0.245 e. The van der Waals surface area contributed by atoms with Gasteiger partial charge in [-0.15, -0.1) is 0 Å². The predicted molar refractivity (Wildman–Crippen MR) is 180 cm³/mol. The van der Waals surface area contributed by atoms with Gasteiger partial charge in [0.25, 0.3) is 0 Å². The second-order valence-corrected chi connectivity index (χ2v) is 12.7. The molecule has 252 valence electrons. The van der Waals surface area contributed by atoms with Gasteiger partial charge in [-0.1, -0.05) is 44.7 Å². The summed E-state index contributed by atoms with van der Waals surface area (Å²) in [5.74, 6) is 0.175. The summed E-state index contributed by atoms with van der Waals surface area (Å²) >= 11 is 0. The second kappa shape index (κ2) is 18.5. The van der Waals surface area contributed by atoms with Crippen LogP contribution < -0.4 is 16.0 Å². The first-order valence-electron chi connectivity index (χ1n) is 17.2. The number of hydrogen-bond donors (Lipinski definition) is 3. The quantitative estimate of drug-likeness (QED) is 0.199. The number of rotatable bonds is 19. The molecule has 10 heteroatoms. The number of aryl methyl sites for hydroxylation is 1. The number of ether oxygens (including phenoxy) is 3. The van der Waals surface area contributed by atoms with Crippen LogP contribution in [-0.4, -0.2) is 99.7 Å². The molecule has 1 saturated heterocycles. The van der Waals surface area contributed by atoms with Gasteiger partial charge >= 0.3 is 0 Å². The van der Waals surface area contributed by atoms with Crippen LogP contribution >= 0.6 is 0 Å². The molecule has 0 spiro atoms. The fraction of sp³-hybridized carbons (Fsp3) is 0.714. The molecule has 2 amide bonds. The van der Waals surface area contributed by atoms with E-state index in [0.29, 0.717) is 39.6 Å². The molecule has 10 nitrogen and oxygen atoms in total. The summed E-state index contributed by atoms with van der Waals surface area (Å²) in [7, 11) is 3.45. The van der Waals surface area contributed by atoms with Crippen molar-refractivity contribution in [2.45, 2.75) is 96.3 Å². The standard InChI is InChI=1S/C35H57N5O5/c1-5-10-27-14-15-30-31(25-39(32(30)23-27)17-18-44-21-22-45-20-19-43-4)37-24-29-13-9-16-40(29)35(42)33(28-11-7-6-8-12-28)38-34(41)26(2)36-3/h14-15,23,25-26,28-29,33,36-37H,5-13,16-22,24H2,1-4H3,(H,38,41)/t26-,29-,33-/m0/s1. The highest BCUT2D eigenvalue weighted by Gasteiger charge is 2.38. The highest BCUT2D eigenvalue weighted by atomic mass is 16.5. The zero-order valence-corrected chi connectivity index (χ0v) is 28.1. The Morgan fingerprint density at radius 3 is 2.49 bits per heavy atom. The van der Waals surface area contributed by atoms with Crippen molar-refractivity contribution in [1.82, 2.24) is 20.1 Å². The van der Waals surface area contributed by atoms with E-state index in [2.05, 4.69) is 51.8 Å². The monoisotopic (exact) mass is 627 g/mol. The normalized spacial score (nSPS) is 18.8. The second-order valence-electron chi connectivity index (χ2n) is 12.7. The molecule has 0 radical (unpaired) electrons. The summed E-state index contributed by atoms with van der Waals surface area (Å²) in [6.07, 6.45) is 11.7. The summed E-state index contributed by atoms with van der Waals surface area (Å²) in [5.41, 5.74) is 3.61. The molecule has 3 atom stereocenters. The van der Waals surface area contributed by atoms with E-state index in [4.69, 9.17) is 14.2 Å². The molecule has 3 N–H and O–H groups in total. The van der Waals surface area contributed by atoms with Crippen LogP contribution in [-0.2, 0) is 36.8 Å². The smallest absolute Gasteiger partial charge is 0.245 e. The number of carbonyl (C=O) groups excluding carboxylic acids is 2. The summed E-state index contributed by atoms with van der Waals surface area (Å²) in [4.78, 5) is 29.1. The fourth-order valence-electron chi connectivity index (χ4n) is 6.74. The fourth-order valence-corrected chi connectivity index (χ4v) is 6.74. The Labute approximate surface area is 269 Å². The lowest BCUT2D eigenvalue weighted by Gasteiger charge is -2.35. The lowest BCUT2D eigenvalue weighted by Crippen LogP contribution is -2.57. The third kappa shape index (κ3) is 9.91. The molecule has 1 aliphatic heterocycles. The van der Waals surface area contributed by atoms with E-state index in [1.807, 2.05) is 11.8 Å². The Morgan fingerprint density at radius 1 is 1.00 bits per heavy atom. The minimum Gasteiger partial charge on any atom is -0.382 e. The Bertz CT molecular complexity index is 1200. The molecular weight excluding hydrogens is 570 g/mol. The molecular formula is C35H57N5O5.